The van der Waals surface area contributed by atoms with Crippen LogP contribution >= 0.6 is 0 Å². The van der Waals surface area contributed by atoms with Gasteiger partial charge >= 0.3 is 0 Å². The minimum Gasteiger partial charge on any atom is -0.472 e. The molecule has 0 aliphatic carbocycles. The van der Waals surface area contributed by atoms with E-state index in [0.717, 1.165) is 0 Å². The van der Waals surface area contributed by atoms with Gasteiger partial charge in [-0.2, -0.15) is 9.97 Å². The quantitative estimate of drug-likeness (QED) is 0.472. The summed E-state index contributed by atoms with van der Waals surface area (Å²) in [5, 5.41) is 0. The van der Waals surface area contributed by atoms with Crippen LogP contribution in [-0.2, 0) is 0 Å². The predicted octanol–water partition coefficient (Wildman–Crippen LogP) is 0.522. The molecular weight excluding hydrogens is 182 g/mol. The van der Waals surface area contributed by atoms with E-state index in [9.17, 15) is 0 Å². The number of rotatable bonds is 2. The lowest BCUT2D eigenvalue weighted by Gasteiger charge is -2.20. The molecule has 6 nitrogen and oxygen atoms in total. The molecule has 78 valence electrons. The Morgan fingerprint density at radius 1 is 1.36 bits per heavy atom. The SMILES string of the molecule is CC(C)(C)Oc1cc(NN)nc(N)n1. The van der Waals surface area contributed by atoms with Crippen LogP contribution in [0, 0.1) is 0 Å². The van der Waals surface area contributed by atoms with Crippen molar-refractivity contribution >= 4 is 11.8 Å². The first-order valence-electron chi connectivity index (χ1n) is 4.21. The van der Waals surface area contributed by atoms with Gasteiger partial charge in [0, 0.05) is 6.07 Å². The average Bonchev–Trinajstić information content (AvgIpc) is 1.99. The van der Waals surface area contributed by atoms with Crippen LogP contribution in [0.2, 0.25) is 0 Å². The van der Waals surface area contributed by atoms with Crippen molar-refractivity contribution in [1.29, 1.82) is 0 Å². The van der Waals surface area contributed by atoms with Crippen molar-refractivity contribution in [2.45, 2.75) is 26.4 Å². The van der Waals surface area contributed by atoms with Gasteiger partial charge in [-0.25, -0.2) is 5.84 Å². The van der Waals surface area contributed by atoms with E-state index in [-0.39, 0.29) is 11.5 Å². The Labute approximate surface area is 82.6 Å². The summed E-state index contributed by atoms with van der Waals surface area (Å²) in [6.45, 7) is 5.75. The molecule has 0 aliphatic heterocycles. The second kappa shape index (κ2) is 3.67. The highest BCUT2D eigenvalue weighted by Gasteiger charge is 2.13. The van der Waals surface area contributed by atoms with Gasteiger partial charge in [0.1, 0.15) is 11.4 Å². The number of hydrogen-bond donors (Lipinski definition) is 3. The average molecular weight is 197 g/mol. The predicted molar refractivity (Wildman–Crippen MR) is 54.6 cm³/mol. The Morgan fingerprint density at radius 2 is 2.00 bits per heavy atom. The van der Waals surface area contributed by atoms with Gasteiger partial charge in [-0.15, -0.1) is 0 Å². The molecule has 0 saturated carbocycles. The van der Waals surface area contributed by atoms with E-state index in [2.05, 4.69) is 15.4 Å². The van der Waals surface area contributed by atoms with E-state index < -0.39 is 0 Å². The third-order valence-electron chi connectivity index (χ3n) is 1.28. The van der Waals surface area contributed by atoms with Crippen molar-refractivity contribution in [3.05, 3.63) is 6.07 Å². The molecule has 0 aliphatic rings. The van der Waals surface area contributed by atoms with Crippen molar-refractivity contribution in [3.8, 4) is 5.88 Å². The second-order valence-corrected chi connectivity index (χ2v) is 3.81. The molecule has 6 heteroatoms. The van der Waals surface area contributed by atoms with Crippen LogP contribution < -0.4 is 21.7 Å². The first-order chi connectivity index (χ1) is 6.40. The number of nitrogens with one attached hydrogen (secondary N) is 1. The molecule has 0 amide bonds. The summed E-state index contributed by atoms with van der Waals surface area (Å²) in [5.41, 5.74) is 7.51. The van der Waals surface area contributed by atoms with E-state index in [1.54, 1.807) is 6.07 Å². The molecule has 0 fully saturated rings. The van der Waals surface area contributed by atoms with Crippen molar-refractivity contribution < 1.29 is 4.74 Å². The molecule has 14 heavy (non-hydrogen) atoms. The van der Waals surface area contributed by atoms with Crippen LogP contribution in [0.1, 0.15) is 20.8 Å². The Bertz CT molecular complexity index is 320. The molecule has 1 aromatic rings. The Balaban J connectivity index is 2.92. The molecule has 0 bridgehead atoms. The fourth-order valence-corrected chi connectivity index (χ4v) is 0.883. The van der Waals surface area contributed by atoms with Gasteiger partial charge < -0.3 is 15.9 Å². The van der Waals surface area contributed by atoms with Crippen LogP contribution in [0.4, 0.5) is 11.8 Å². The highest BCUT2D eigenvalue weighted by molar-refractivity contribution is 5.41. The van der Waals surface area contributed by atoms with E-state index >= 15 is 0 Å². The molecule has 1 heterocycles. The molecule has 0 spiro atoms. The van der Waals surface area contributed by atoms with E-state index in [1.807, 2.05) is 20.8 Å². The number of anilines is 2. The van der Waals surface area contributed by atoms with Gasteiger partial charge in [0.15, 0.2) is 0 Å². The first kappa shape index (κ1) is 10.5. The summed E-state index contributed by atoms with van der Waals surface area (Å²) in [4.78, 5) is 7.75. The largest absolute Gasteiger partial charge is 0.472 e. The van der Waals surface area contributed by atoms with Crippen molar-refractivity contribution in [2.24, 2.45) is 5.84 Å². The van der Waals surface area contributed by atoms with Crippen LogP contribution in [0.5, 0.6) is 5.88 Å². The smallest absolute Gasteiger partial charge is 0.225 e. The lowest BCUT2D eigenvalue weighted by atomic mass is 10.2. The van der Waals surface area contributed by atoms with E-state index in [0.29, 0.717) is 11.7 Å². The van der Waals surface area contributed by atoms with Crippen molar-refractivity contribution in [3.63, 3.8) is 0 Å². The maximum atomic E-state index is 5.50. The minimum absolute atomic E-state index is 0.125. The molecule has 1 aromatic heterocycles. The van der Waals surface area contributed by atoms with Crippen molar-refractivity contribution in [2.75, 3.05) is 11.2 Å². The highest BCUT2D eigenvalue weighted by Crippen LogP contribution is 2.18. The van der Waals surface area contributed by atoms with Gasteiger partial charge in [-0.1, -0.05) is 0 Å². The molecule has 0 atom stereocenters. The third-order valence-corrected chi connectivity index (χ3v) is 1.28. The Kier molecular flexibility index (Phi) is 2.76. The summed E-state index contributed by atoms with van der Waals surface area (Å²) < 4.78 is 5.50. The standard InChI is InChI=1S/C8H15N5O/c1-8(2,3)14-6-4-5(13-10)11-7(9)12-6/h4H,10H2,1-3H3,(H3,9,11,12,13). The van der Waals surface area contributed by atoms with Crippen LogP contribution in [0.3, 0.4) is 0 Å². The summed E-state index contributed by atoms with van der Waals surface area (Å²) >= 11 is 0. The topological polar surface area (TPSA) is 99.1 Å². The van der Waals surface area contributed by atoms with Gasteiger partial charge in [0.25, 0.3) is 0 Å². The number of nitrogens with two attached hydrogens (primary N) is 2. The van der Waals surface area contributed by atoms with E-state index in [1.165, 1.54) is 0 Å². The van der Waals surface area contributed by atoms with Crippen molar-refractivity contribution in [1.82, 2.24) is 9.97 Å². The summed E-state index contributed by atoms with van der Waals surface area (Å²) in [6.07, 6.45) is 0. The number of hydrogen-bond acceptors (Lipinski definition) is 6. The maximum absolute atomic E-state index is 5.50. The van der Waals surface area contributed by atoms with E-state index in [4.69, 9.17) is 16.3 Å². The fraction of sp³-hybridized carbons (Fsp3) is 0.500. The molecule has 0 unspecified atom stereocenters. The lowest BCUT2D eigenvalue weighted by molar-refractivity contribution is 0.124. The number of ether oxygens (including phenoxy) is 1. The zero-order valence-corrected chi connectivity index (χ0v) is 8.53. The Morgan fingerprint density at radius 3 is 2.50 bits per heavy atom. The number of nitrogen functional groups attached to an aromatic ring is 2. The van der Waals surface area contributed by atoms with Crippen LogP contribution in [0.25, 0.3) is 0 Å². The van der Waals surface area contributed by atoms with Gasteiger partial charge in [0.2, 0.25) is 11.8 Å². The lowest BCUT2D eigenvalue weighted by Crippen LogP contribution is -2.24. The third kappa shape index (κ3) is 3.06. The molecule has 5 N–H and O–H groups in total. The highest BCUT2D eigenvalue weighted by atomic mass is 16.5. The molecule has 1 rings (SSSR count). The maximum Gasteiger partial charge on any atom is 0.225 e. The monoisotopic (exact) mass is 197 g/mol. The fourth-order valence-electron chi connectivity index (χ4n) is 0.883. The summed E-state index contributed by atoms with van der Waals surface area (Å²) in [7, 11) is 0. The summed E-state index contributed by atoms with van der Waals surface area (Å²) in [6, 6.07) is 1.58. The number of nitrogens with zero attached hydrogens (tertiary/aromatic N) is 2. The first-order valence-corrected chi connectivity index (χ1v) is 4.21. The second-order valence-electron chi connectivity index (χ2n) is 3.81. The summed E-state index contributed by atoms with van der Waals surface area (Å²) in [5.74, 6) is 6.15. The number of aromatic nitrogens is 2. The van der Waals surface area contributed by atoms with Gasteiger partial charge in [-0.05, 0) is 20.8 Å². The van der Waals surface area contributed by atoms with Crippen LogP contribution in [0.15, 0.2) is 6.07 Å². The molecular formula is C8H15N5O. The molecule has 0 aromatic carbocycles. The molecule has 0 saturated heterocycles. The number of hydrazine groups is 1. The molecule has 0 radical (unpaired) electrons. The van der Waals surface area contributed by atoms with Gasteiger partial charge in [-0.3, -0.25) is 0 Å². The normalized spacial score (nSPS) is 11.1. The zero-order valence-electron chi connectivity index (χ0n) is 8.53. The Hall–Kier alpha value is -1.56. The zero-order chi connectivity index (χ0) is 10.8. The van der Waals surface area contributed by atoms with Gasteiger partial charge in [0.05, 0.1) is 0 Å². The van der Waals surface area contributed by atoms with Crippen LogP contribution in [-0.4, -0.2) is 15.6 Å². The minimum atomic E-state index is -0.327.